The molecular weight excluding hydrogens is 351 g/mol. The molecule has 0 aliphatic carbocycles. The van der Waals surface area contributed by atoms with E-state index in [-0.39, 0.29) is 35.5 Å². The summed E-state index contributed by atoms with van der Waals surface area (Å²) in [5.41, 5.74) is 1.95. The van der Waals surface area contributed by atoms with Crippen molar-refractivity contribution in [2.45, 2.75) is 12.8 Å². The van der Waals surface area contributed by atoms with Crippen molar-refractivity contribution in [3.63, 3.8) is 0 Å². The third kappa shape index (κ3) is 3.95. The fourth-order valence-corrected chi connectivity index (χ4v) is 3.01. The SMILES string of the molecule is COc1ccc(F)c(CCc2cc(-c3cccc(F)c3)ccc2F)c1C#N. The molecule has 0 aliphatic rings. The second-order valence-corrected chi connectivity index (χ2v) is 6.03. The first-order chi connectivity index (χ1) is 13.0. The molecule has 27 heavy (non-hydrogen) atoms. The number of halogens is 3. The number of rotatable bonds is 5. The Morgan fingerprint density at radius 2 is 1.63 bits per heavy atom. The Balaban J connectivity index is 1.92. The largest absolute Gasteiger partial charge is 0.495 e. The van der Waals surface area contributed by atoms with E-state index < -0.39 is 11.6 Å². The van der Waals surface area contributed by atoms with E-state index in [9.17, 15) is 18.4 Å². The molecular formula is C22H16F3NO. The van der Waals surface area contributed by atoms with Crippen molar-refractivity contribution in [1.29, 1.82) is 5.26 Å². The van der Waals surface area contributed by atoms with Crippen LogP contribution in [0.2, 0.25) is 0 Å². The van der Waals surface area contributed by atoms with Crippen LogP contribution < -0.4 is 4.74 Å². The molecule has 0 fully saturated rings. The van der Waals surface area contributed by atoms with Crippen LogP contribution in [0.1, 0.15) is 16.7 Å². The molecule has 0 atom stereocenters. The van der Waals surface area contributed by atoms with Gasteiger partial charge in [-0.3, -0.25) is 0 Å². The van der Waals surface area contributed by atoms with Crippen LogP contribution in [0, 0.1) is 28.8 Å². The van der Waals surface area contributed by atoms with E-state index in [1.807, 2.05) is 6.07 Å². The van der Waals surface area contributed by atoms with E-state index in [2.05, 4.69) is 0 Å². The lowest BCUT2D eigenvalue weighted by Gasteiger charge is -2.11. The average Bonchev–Trinajstić information content (AvgIpc) is 2.67. The van der Waals surface area contributed by atoms with Crippen molar-refractivity contribution in [2.75, 3.05) is 7.11 Å². The zero-order chi connectivity index (χ0) is 19.4. The maximum Gasteiger partial charge on any atom is 0.137 e. The molecule has 0 heterocycles. The number of hydrogen-bond acceptors (Lipinski definition) is 2. The van der Waals surface area contributed by atoms with Crippen LogP contribution in [0.3, 0.4) is 0 Å². The Morgan fingerprint density at radius 1 is 0.889 bits per heavy atom. The number of hydrogen-bond donors (Lipinski definition) is 0. The Labute approximate surface area is 155 Å². The number of nitriles is 1. The fraction of sp³-hybridized carbons (Fsp3) is 0.136. The lowest BCUT2D eigenvalue weighted by Crippen LogP contribution is -2.02. The Hall–Kier alpha value is -3.26. The lowest BCUT2D eigenvalue weighted by atomic mass is 9.96. The highest BCUT2D eigenvalue weighted by atomic mass is 19.1. The van der Waals surface area contributed by atoms with Crippen molar-refractivity contribution >= 4 is 0 Å². The number of methoxy groups -OCH3 is 1. The summed E-state index contributed by atoms with van der Waals surface area (Å²) in [6, 6.07) is 15.1. The number of nitrogens with zero attached hydrogens (tertiary/aromatic N) is 1. The van der Waals surface area contributed by atoms with Gasteiger partial charge >= 0.3 is 0 Å². The summed E-state index contributed by atoms with van der Waals surface area (Å²) in [6.07, 6.45) is 0.323. The summed E-state index contributed by atoms with van der Waals surface area (Å²) in [6.45, 7) is 0. The second-order valence-electron chi connectivity index (χ2n) is 6.03. The number of aryl methyl sites for hydroxylation is 1. The maximum absolute atomic E-state index is 14.2. The van der Waals surface area contributed by atoms with Crippen LogP contribution in [0.25, 0.3) is 11.1 Å². The topological polar surface area (TPSA) is 33.0 Å². The molecule has 0 aromatic heterocycles. The summed E-state index contributed by atoms with van der Waals surface area (Å²) in [5, 5.41) is 9.32. The van der Waals surface area contributed by atoms with Crippen LogP contribution in [0.15, 0.2) is 54.6 Å². The van der Waals surface area contributed by atoms with Crippen LogP contribution in [-0.2, 0) is 12.8 Å². The minimum atomic E-state index is -0.533. The van der Waals surface area contributed by atoms with E-state index in [1.165, 1.54) is 37.4 Å². The molecule has 136 valence electrons. The van der Waals surface area contributed by atoms with Gasteiger partial charge in [-0.05, 0) is 65.9 Å². The predicted molar refractivity (Wildman–Crippen MR) is 96.9 cm³/mol. The molecule has 3 rings (SSSR count). The standard InChI is InChI=1S/C22H16F3NO/c1-27-22-10-9-21(25)18(19(22)13-26)7-5-16-11-15(6-8-20(16)24)14-3-2-4-17(23)12-14/h2-4,6,8-12H,5,7H2,1H3. The van der Waals surface area contributed by atoms with Crippen LogP contribution in [0.5, 0.6) is 5.75 Å². The molecule has 3 aromatic carbocycles. The minimum absolute atomic E-state index is 0.110. The number of benzene rings is 3. The minimum Gasteiger partial charge on any atom is -0.495 e. The normalized spacial score (nSPS) is 10.5. The number of ether oxygens (including phenoxy) is 1. The Kier molecular flexibility index (Phi) is 5.46. The van der Waals surface area contributed by atoms with Gasteiger partial charge in [0.25, 0.3) is 0 Å². The summed E-state index contributed by atoms with van der Waals surface area (Å²) < 4.78 is 47.0. The van der Waals surface area contributed by atoms with Gasteiger partial charge < -0.3 is 4.74 Å². The van der Waals surface area contributed by atoms with E-state index in [0.29, 0.717) is 16.7 Å². The molecule has 0 saturated heterocycles. The molecule has 2 nitrogen and oxygen atoms in total. The molecule has 3 aromatic rings. The van der Waals surface area contributed by atoms with E-state index in [0.717, 1.165) is 0 Å². The molecule has 0 radical (unpaired) electrons. The fourth-order valence-electron chi connectivity index (χ4n) is 3.01. The van der Waals surface area contributed by atoms with Gasteiger partial charge in [0, 0.05) is 5.56 Å². The van der Waals surface area contributed by atoms with Gasteiger partial charge in [-0.2, -0.15) is 5.26 Å². The van der Waals surface area contributed by atoms with E-state index in [4.69, 9.17) is 4.74 Å². The molecule has 0 N–H and O–H groups in total. The van der Waals surface area contributed by atoms with Crippen molar-refractivity contribution in [2.24, 2.45) is 0 Å². The molecule has 0 spiro atoms. The van der Waals surface area contributed by atoms with Crippen LogP contribution in [0.4, 0.5) is 13.2 Å². The third-order valence-corrected chi connectivity index (χ3v) is 4.40. The highest BCUT2D eigenvalue weighted by Gasteiger charge is 2.15. The second kappa shape index (κ2) is 7.96. The van der Waals surface area contributed by atoms with Gasteiger partial charge in [0.05, 0.1) is 7.11 Å². The molecule has 0 saturated carbocycles. The van der Waals surface area contributed by atoms with Gasteiger partial charge in [0.2, 0.25) is 0 Å². The highest BCUT2D eigenvalue weighted by Crippen LogP contribution is 2.27. The molecule has 0 aliphatic heterocycles. The van der Waals surface area contributed by atoms with Crippen molar-refractivity contribution in [3.05, 3.63) is 88.7 Å². The first kappa shape index (κ1) is 18.5. The maximum atomic E-state index is 14.2. The molecule has 0 amide bonds. The first-order valence-corrected chi connectivity index (χ1v) is 8.33. The average molecular weight is 367 g/mol. The van der Waals surface area contributed by atoms with Gasteiger partial charge in [-0.1, -0.05) is 18.2 Å². The highest BCUT2D eigenvalue weighted by molar-refractivity contribution is 5.64. The summed E-state index contributed by atoms with van der Waals surface area (Å²) >= 11 is 0. The monoisotopic (exact) mass is 367 g/mol. The van der Waals surface area contributed by atoms with Crippen LogP contribution >= 0.6 is 0 Å². The smallest absolute Gasteiger partial charge is 0.137 e. The van der Waals surface area contributed by atoms with Gasteiger partial charge in [0.15, 0.2) is 0 Å². The van der Waals surface area contributed by atoms with Gasteiger partial charge in [0.1, 0.15) is 34.8 Å². The summed E-state index contributed by atoms with van der Waals surface area (Å²) in [4.78, 5) is 0. The van der Waals surface area contributed by atoms with E-state index >= 15 is 0 Å². The predicted octanol–water partition coefficient (Wildman–Crippen LogP) is 5.44. The van der Waals surface area contributed by atoms with Crippen molar-refractivity contribution in [3.8, 4) is 22.9 Å². The molecule has 0 unspecified atom stereocenters. The van der Waals surface area contributed by atoms with Crippen molar-refractivity contribution < 1.29 is 17.9 Å². The zero-order valence-corrected chi connectivity index (χ0v) is 14.6. The summed E-state index contributed by atoms with van der Waals surface area (Å²) in [5.74, 6) is -1.07. The van der Waals surface area contributed by atoms with Gasteiger partial charge in [-0.15, -0.1) is 0 Å². The van der Waals surface area contributed by atoms with Crippen LogP contribution in [-0.4, -0.2) is 7.11 Å². The Morgan fingerprint density at radius 3 is 2.33 bits per heavy atom. The molecule has 0 bridgehead atoms. The quantitative estimate of drug-likeness (QED) is 0.602. The van der Waals surface area contributed by atoms with Crippen molar-refractivity contribution in [1.82, 2.24) is 0 Å². The third-order valence-electron chi connectivity index (χ3n) is 4.40. The zero-order valence-electron chi connectivity index (χ0n) is 14.6. The van der Waals surface area contributed by atoms with E-state index in [1.54, 1.807) is 24.3 Å². The van der Waals surface area contributed by atoms with Gasteiger partial charge in [-0.25, -0.2) is 13.2 Å². The Bertz CT molecular complexity index is 1020. The lowest BCUT2D eigenvalue weighted by molar-refractivity contribution is 0.411. The molecule has 5 heteroatoms. The summed E-state index contributed by atoms with van der Waals surface area (Å²) in [7, 11) is 1.40. The first-order valence-electron chi connectivity index (χ1n) is 8.33.